The smallest absolute Gasteiger partial charge is 0.246 e. The van der Waals surface area contributed by atoms with Crippen molar-refractivity contribution in [1.82, 2.24) is 110 Å². The van der Waals surface area contributed by atoms with E-state index in [1.54, 1.807) is 24.3 Å². The molecule has 0 saturated carbocycles. The number of hydrogen-bond donors (Lipinski definition) is 26. The molecular weight excluding hydrogens is 1930 g/mol. The van der Waals surface area contributed by atoms with E-state index in [-0.39, 0.29) is 164 Å². The number of phenolic OH excluding ortho intramolecular Hbond substituents is 3. The minimum absolute atomic E-state index is 0.0102. The van der Waals surface area contributed by atoms with Crippen LogP contribution < -0.4 is 101 Å². The summed E-state index contributed by atoms with van der Waals surface area (Å²) in [6.45, 7) is 8.54. The van der Waals surface area contributed by atoms with Crippen LogP contribution in [0, 0.1) is 5.41 Å². The number of fused-ring (bicyclic) bond motifs is 3. The second-order valence-electron chi connectivity index (χ2n) is 37.4. The quantitative estimate of drug-likeness (QED) is 0.00867. The predicted molar refractivity (Wildman–Crippen MR) is 541 cm³/mol. The summed E-state index contributed by atoms with van der Waals surface area (Å²) in [5.74, 6) is -17.5. The first-order chi connectivity index (χ1) is 69.7. The molecule has 17 amide bonds. The van der Waals surface area contributed by atoms with Crippen molar-refractivity contribution in [2.45, 2.75) is 272 Å². The molecule has 0 bridgehead atoms. The number of phenols is 3. The Hall–Kier alpha value is -13.9. The van der Waals surface area contributed by atoms with E-state index in [0.29, 0.717) is 53.9 Å². The Bertz CT molecular complexity index is 5280. The van der Waals surface area contributed by atoms with Crippen molar-refractivity contribution >= 4 is 132 Å². The molecule has 796 valence electrons. The molecule has 48 heteroatoms. The highest BCUT2D eigenvalue weighted by Crippen LogP contribution is 2.29. The van der Waals surface area contributed by atoms with Gasteiger partial charge < -0.3 is 141 Å². The molecule has 4 saturated heterocycles. The molecule has 4 aliphatic heterocycles. The number of aliphatic hydroxyl groups is 1. The minimum atomic E-state index is -1.82. The number of benzene rings is 4. The van der Waals surface area contributed by atoms with E-state index in [9.17, 15) is 49.2 Å². The highest BCUT2D eigenvalue weighted by Gasteiger charge is 2.47. The van der Waals surface area contributed by atoms with Gasteiger partial charge in [-0.15, -0.1) is 0 Å². The molecule has 46 nitrogen and oxygen atoms in total. The van der Waals surface area contributed by atoms with Gasteiger partial charge in [-0.2, -0.15) is 25.3 Å². The van der Waals surface area contributed by atoms with E-state index in [4.69, 9.17) is 21.6 Å². The van der Waals surface area contributed by atoms with Gasteiger partial charge in [0.25, 0.3) is 0 Å². The number of guanidine groups is 1. The maximum atomic E-state index is 15.6. The van der Waals surface area contributed by atoms with E-state index in [0.717, 1.165) is 0 Å². The van der Waals surface area contributed by atoms with Crippen molar-refractivity contribution in [1.29, 1.82) is 5.41 Å². The summed E-state index contributed by atoms with van der Waals surface area (Å²) in [6.07, 6.45) is 1.65. The Morgan fingerprint density at radius 1 is 0.411 bits per heavy atom. The Kier molecular flexibility index (Phi) is 45.7. The lowest BCUT2D eigenvalue weighted by molar-refractivity contribution is -0.148. The lowest BCUT2D eigenvalue weighted by Crippen LogP contribution is -2.62. The number of aromatic nitrogens is 2. The van der Waals surface area contributed by atoms with Crippen LogP contribution in [0.4, 0.5) is 0 Å². The van der Waals surface area contributed by atoms with Crippen molar-refractivity contribution in [2.24, 2.45) is 11.5 Å². The number of hydrogen-bond acceptors (Lipinski definition) is 28. The van der Waals surface area contributed by atoms with Crippen LogP contribution in [-0.4, -0.2) is 325 Å². The summed E-state index contributed by atoms with van der Waals surface area (Å²) < 4.78 is 5.38. The first-order valence-corrected chi connectivity index (χ1v) is 50.5. The summed E-state index contributed by atoms with van der Waals surface area (Å²) in [7, 11) is 1.43. The highest BCUT2D eigenvalue weighted by atomic mass is 32.1. The lowest BCUT2D eigenvalue weighted by Gasteiger charge is -2.34. The largest absolute Gasteiger partial charge is 0.508 e. The molecule has 4 fully saturated rings. The number of aromatic amines is 1. The summed E-state index contributed by atoms with van der Waals surface area (Å²) in [5.41, 5.74) is 13.1. The molecule has 4 aliphatic rings. The van der Waals surface area contributed by atoms with E-state index in [1.807, 2.05) is 27.7 Å². The second kappa shape index (κ2) is 57.7. The third-order valence-corrected chi connectivity index (χ3v) is 26.1. The molecule has 0 aliphatic carbocycles. The van der Waals surface area contributed by atoms with Crippen LogP contribution in [-0.2, 0) is 114 Å². The molecule has 16 atom stereocenters. The molecule has 0 unspecified atom stereocenters. The van der Waals surface area contributed by atoms with E-state index >= 15 is 52.7 Å². The topological polar surface area (TPSA) is 687 Å². The molecule has 9 rings (SSSR count). The van der Waals surface area contributed by atoms with Crippen LogP contribution in [0.1, 0.15) is 159 Å². The molecule has 5 heterocycles. The number of amides is 17. The number of nitrogens with two attached hydrogens (primary N) is 2. The summed E-state index contributed by atoms with van der Waals surface area (Å²) in [5, 5.41) is 93.6. The third-order valence-electron chi connectivity index (χ3n) is 25.4. The normalized spacial score (nSPS) is 24.7. The zero-order chi connectivity index (χ0) is 106. The third kappa shape index (κ3) is 35.8. The maximum absolute atomic E-state index is 15.6. The van der Waals surface area contributed by atoms with Gasteiger partial charge in [-0.05, 0) is 181 Å². The molecule has 0 spiro atoms. The van der Waals surface area contributed by atoms with Gasteiger partial charge in [0.05, 0.1) is 25.7 Å². The average Bonchev–Trinajstić information content (AvgIpc) is 1.64. The van der Waals surface area contributed by atoms with Crippen molar-refractivity contribution in [3.63, 3.8) is 0 Å². The SMILES string of the molecule is COc1ccc(C[C@@H]2NC(=O)[C@H](Cc3c[nH]cn3)NC(=O)[C@H](Cc3ccc(O)cc3)NC(=O)[C@@H]3CCCN3C(=O)[C@H]3CCCN3C(=O)[C@H](CCCCNC(C)C)NC(=O)[C@H](CCC(N)=O)NC(=O)[C@H](Cc3ccc(O)cc3)NC(=O)[C@H](CS)NC(=O)[C@H](Cc3ccc(O)cc3)NC(=O)[C@H](CCCNC(=N)N)NC(=O)[C@H](CCCNC(C)C)NC(=O)[C@H]3CCCN3C(=O)[C@H](C)NC(=O)[C@H](CO)NC(=O)[C@H](CS)NC2=O)cc1. The number of rotatable bonds is 32. The van der Waals surface area contributed by atoms with E-state index in [1.165, 1.54) is 114 Å². The molecule has 1 aromatic heterocycles. The van der Waals surface area contributed by atoms with Gasteiger partial charge in [-0.25, -0.2) is 4.98 Å². The standard InChI is InChI=1S/C98H140N24O22S2/c1-54(2)103-38-8-7-14-69-96(142)122-43-13-19-80(122)97(143)121-42-12-18-79(121)94(140)116-73(46-59-24-32-64(126)33-25-59)86(132)115-74(48-61-49-102-53-106-61)89(135)113-72(47-60-26-34-65(144-6)35-27-60)88(134)119-77(52-146)92(138)117-75(50-123)90(136)107-56(5)95(141)120-41-11-17-78(120)93(139)110-67(15-9-39-104-55(3)4)82(128)108-66(16-10-40-105-98(100)101)83(129)112-71(45-58-22-30-63(125)31-23-58)87(133)118-76(51-145)91(137)114-70(44-57-20-28-62(124)29-21-57)85(131)109-68(84(130)111-69)36-37-81(99)127/h20-35,49,53-56,66-80,103-104,123-126,145-146H,7-19,36-48,50-52H2,1-6H3,(H2,99,127)(H,102,106)(H,107,136)(H,108,128)(H,109,131)(H,110,139)(H,111,130)(H,112,129)(H,113,135)(H,114,137)(H,115,132)(H,116,140)(H,117,138)(H,118,133)(H,119,134)(H4,100,101,105)/t56-,66-,67-,68-,69-,70-,71-,72-,73-,74-,75-,76-,77-,78+,79-,80+/m0/s1. The number of methoxy groups -OCH3 is 1. The van der Waals surface area contributed by atoms with Gasteiger partial charge in [-0.3, -0.25) is 86.9 Å². The first kappa shape index (κ1) is 116. The van der Waals surface area contributed by atoms with Crippen LogP contribution in [0.25, 0.3) is 0 Å². The van der Waals surface area contributed by atoms with Crippen molar-refractivity contribution < 1.29 is 107 Å². The Balaban J connectivity index is 1.09. The fourth-order valence-corrected chi connectivity index (χ4v) is 18.0. The van der Waals surface area contributed by atoms with Crippen molar-refractivity contribution in [2.75, 3.05) is 64.5 Å². The number of nitrogens with one attached hydrogen (secondary N) is 18. The van der Waals surface area contributed by atoms with Gasteiger partial charge >= 0.3 is 0 Å². The fraction of sp³-hybridized carbons (Fsp3) is 0.541. The van der Waals surface area contributed by atoms with Crippen LogP contribution in [0.15, 0.2) is 110 Å². The number of thiol groups is 2. The number of unbranched alkanes of at least 4 members (excludes halogenated alkanes) is 1. The molecule has 4 aromatic carbocycles. The molecule has 5 aromatic rings. The first-order valence-electron chi connectivity index (χ1n) is 49.2. The Morgan fingerprint density at radius 3 is 1.14 bits per heavy atom. The Morgan fingerprint density at radius 2 is 0.740 bits per heavy atom. The van der Waals surface area contributed by atoms with Gasteiger partial charge in [0, 0.05) is 94.5 Å². The lowest BCUT2D eigenvalue weighted by atomic mass is 10.0. The monoisotopic (exact) mass is 2070 g/mol. The number of aromatic hydroxyl groups is 3. The maximum Gasteiger partial charge on any atom is 0.246 e. The number of carbonyl (C=O) groups is 17. The van der Waals surface area contributed by atoms with Crippen LogP contribution >= 0.6 is 25.3 Å². The van der Waals surface area contributed by atoms with Gasteiger partial charge in [0.15, 0.2) is 5.96 Å². The zero-order valence-electron chi connectivity index (χ0n) is 82.8. The average molecular weight is 2070 g/mol. The molecule has 146 heavy (non-hydrogen) atoms. The van der Waals surface area contributed by atoms with Gasteiger partial charge in [0.1, 0.15) is 120 Å². The van der Waals surface area contributed by atoms with Crippen LogP contribution in [0.2, 0.25) is 0 Å². The van der Waals surface area contributed by atoms with Gasteiger partial charge in [-0.1, -0.05) is 76.2 Å². The number of ether oxygens (including phenoxy) is 1. The summed E-state index contributed by atoms with van der Waals surface area (Å²) >= 11 is 8.83. The Labute approximate surface area is 857 Å². The number of nitrogens with zero attached hydrogens (tertiary/aromatic N) is 4. The van der Waals surface area contributed by atoms with Crippen molar-refractivity contribution in [3.8, 4) is 23.0 Å². The summed E-state index contributed by atoms with van der Waals surface area (Å²) in [6, 6.07) is -1.77. The van der Waals surface area contributed by atoms with Gasteiger partial charge in [0.2, 0.25) is 100 Å². The number of carbonyl (C=O) groups excluding carboxylic acids is 17. The molecular formula is C98H140N24O22S2. The highest BCUT2D eigenvalue weighted by molar-refractivity contribution is 7.80. The summed E-state index contributed by atoms with van der Waals surface area (Å²) in [4.78, 5) is 265. The predicted octanol–water partition coefficient (Wildman–Crippen LogP) is -3.32. The van der Waals surface area contributed by atoms with E-state index < -0.39 is 234 Å². The molecule has 0 radical (unpaired) electrons. The minimum Gasteiger partial charge on any atom is -0.508 e. The number of imidazole rings is 1. The fourth-order valence-electron chi connectivity index (χ4n) is 17.5. The second-order valence-corrected chi connectivity index (χ2v) is 38.1. The van der Waals surface area contributed by atoms with Crippen molar-refractivity contribution in [3.05, 3.63) is 138 Å². The zero-order valence-corrected chi connectivity index (χ0v) is 84.6. The van der Waals surface area contributed by atoms with Crippen LogP contribution in [0.3, 0.4) is 0 Å². The number of H-pyrrole nitrogens is 1. The number of aliphatic hydroxyl groups excluding tert-OH is 1. The van der Waals surface area contributed by atoms with E-state index in [2.05, 4.69) is 120 Å². The number of primary amides is 1. The van der Waals surface area contributed by atoms with Crippen LogP contribution in [0.5, 0.6) is 23.0 Å². The molecule has 26 N–H and O–H groups in total.